The minimum absolute atomic E-state index is 0.245. The second-order valence-corrected chi connectivity index (χ2v) is 4.53. The Kier molecular flexibility index (Phi) is 2.68. The summed E-state index contributed by atoms with van der Waals surface area (Å²) in [5.41, 5.74) is 9.98. The van der Waals surface area contributed by atoms with Gasteiger partial charge in [-0.3, -0.25) is 10.1 Å². The van der Waals surface area contributed by atoms with Crippen molar-refractivity contribution in [2.75, 3.05) is 12.8 Å². The van der Waals surface area contributed by atoms with Crippen molar-refractivity contribution in [3.05, 3.63) is 22.4 Å². The van der Waals surface area contributed by atoms with Crippen LogP contribution in [0.1, 0.15) is 22.4 Å². The van der Waals surface area contributed by atoms with Gasteiger partial charge in [0.2, 0.25) is 0 Å². The van der Waals surface area contributed by atoms with Gasteiger partial charge in [0.25, 0.3) is 0 Å². The Bertz CT molecular complexity index is 516. The summed E-state index contributed by atoms with van der Waals surface area (Å²) in [6, 6.07) is -0.308. The number of pyridine rings is 1. The highest BCUT2D eigenvalue weighted by Gasteiger charge is 2.31. The number of ether oxygens (including phenoxy) is 2. The first-order valence-electron chi connectivity index (χ1n) is 5.88. The molecule has 3 rings (SSSR count). The quantitative estimate of drug-likeness (QED) is 0.675. The number of methoxy groups -OCH3 is 1. The third-order valence-electron chi connectivity index (χ3n) is 3.54. The molecule has 18 heavy (non-hydrogen) atoms. The number of hydrogen-bond donors (Lipinski definition) is 2. The van der Waals surface area contributed by atoms with E-state index in [0.717, 1.165) is 22.4 Å². The number of carbonyl (C=O) groups is 1. The van der Waals surface area contributed by atoms with Crippen molar-refractivity contribution < 1.29 is 14.3 Å². The van der Waals surface area contributed by atoms with Crippen LogP contribution in [0.5, 0.6) is 0 Å². The van der Waals surface area contributed by atoms with Gasteiger partial charge in [-0.25, -0.2) is 4.98 Å². The molecule has 2 aliphatic heterocycles. The summed E-state index contributed by atoms with van der Waals surface area (Å²) in [7, 11) is 1.40. The molecule has 0 saturated heterocycles. The Labute approximate surface area is 104 Å². The van der Waals surface area contributed by atoms with Gasteiger partial charge in [-0.2, -0.15) is 0 Å². The fourth-order valence-electron chi connectivity index (χ4n) is 2.57. The average Bonchev–Trinajstić information content (AvgIpc) is 2.88. The van der Waals surface area contributed by atoms with Crippen LogP contribution in [0.15, 0.2) is 0 Å². The Hall–Kier alpha value is -1.66. The maximum atomic E-state index is 11.6. The number of aromatic nitrogens is 1. The summed E-state index contributed by atoms with van der Waals surface area (Å²) in [4.78, 5) is 16.0. The molecule has 3 heterocycles. The van der Waals surface area contributed by atoms with Crippen LogP contribution in [0.2, 0.25) is 0 Å². The van der Waals surface area contributed by atoms with Gasteiger partial charge in [0, 0.05) is 18.5 Å². The average molecular weight is 249 g/mol. The van der Waals surface area contributed by atoms with Crippen LogP contribution in [-0.4, -0.2) is 24.1 Å². The predicted molar refractivity (Wildman–Crippen MR) is 63.5 cm³/mol. The third-order valence-corrected chi connectivity index (χ3v) is 3.54. The molecule has 0 fully saturated rings. The van der Waals surface area contributed by atoms with Crippen LogP contribution in [0, 0.1) is 0 Å². The number of carbonyl (C=O) groups excluding carboxylic acids is 1. The summed E-state index contributed by atoms with van der Waals surface area (Å²) in [5, 5.41) is 3.11. The summed E-state index contributed by atoms with van der Waals surface area (Å²) in [6.45, 7) is 1.60. The van der Waals surface area contributed by atoms with Crippen molar-refractivity contribution >= 4 is 11.8 Å². The Morgan fingerprint density at radius 3 is 3.00 bits per heavy atom. The number of rotatable bonds is 1. The van der Waals surface area contributed by atoms with Gasteiger partial charge in [-0.1, -0.05) is 0 Å². The lowest BCUT2D eigenvalue weighted by molar-refractivity contribution is -0.143. The van der Waals surface area contributed by atoms with Crippen LogP contribution in [0.3, 0.4) is 0 Å². The van der Waals surface area contributed by atoms with E-state index in [1.54, 1.807) is 0 Å². The zero-order valence-electron chi connectivity index (χ0n) is 10.2. The van der Waals surface area contributed by atoms with Crippen LogP contribution >= 0.6 is 0 Å². The van der Waals surface area contributed by atoms with Crippen LogP contribution in [0.4, 0.5) is 5.82 Å². The maximum absolute atomic E-state index is 11.6. The molecule has 0 aromatic carbocycles. The maximum Gasteiger partial charge on any atom is 0.323 e. The van der Waals surface area contributed by atoms with E-state index >= 15 is 0 Å². The SMILES string of the molecule is COC(=O)[C@H]1Cc2c(nc(N)c3c2COC3)CN1. The van der Waals surface area contributed by atoms with Crippen LogP contribution in [-0.2, 0) is 40.4 Å². The van der Waals surface area contributed by atoms with Crippen molar-refractivity contribution in [2.45, 2.75) is 32.2 Å². The molecule has 2 aliphatic rings. The lowest BCUT2D eigenvalue weighted by Gasteiger charge is -2.25. The molecule has 1 aromatic rings. The highest BCUT2D eigenvalue weighted by atomic mass is 16.5. The van der Waals surface area contributed by atoms with Gasteiger partial charge < -0.3 is 15.2 Å². The molecule has 0 amide bonds. The van der Waals surface area contributed by atoms with Crippen LogP contribution < -0.4 is 11.1 Å². The zero-order chi connectivity index (χ0) is 12.7. The number of nitrogens with two attached hydrogens (primary N) is 1. The molecule has 0 spiro atoms. The lowest BCUT2D eigenvalue weighted by Crippen LogP contribution is -2.43. The van der Waals surface area contributed by atoms with Crippen LogP contribution in [0.25, 0.3) is 0 Å². The fraction of sp³-hybridized carbons (Fsp3) is 0.500. The number of nitrogens with zero attached hydrogens (tertiary/aromatic N) is 1. The molecular formula is C12H15N3O3. The highest BCUT2D eigenvalue weighted by Crippen LogP contribution is 2.31. The number of fused-ring (bicyclic) bond motifs is 3. The minimum atomic E-state index is -0.308. The lowest BCUT2D eigenvalue weighted by atomic mass is 9.93. The summed E-state index contributed by atoms with van der Waals surface area (Å²) < 4.78 is 10.2. The van der Waals surface area contributed by atoms with E-state index in [1.165, 1.54) is 7.11 Å². The molecule has 6 nitrogen and oxygen atoms in total. The summed E-state index contributed by atoms with van der Waals surface area (Å²) in [5.74, 6) is 0.296. The van der Waals surface area contributed by atoms with Crippen molar-refractivity contribution in [3.8, 4) is 0 Å². The van der Waals surface area contributed by atoms with Crippen molar-refractivity contribution in [1.29, 1.82) is 0 Å². The second kappa shape index (κ2) is 4.22. The molecule has 0 unspecified atom stereocenters. The molecular weight excluding hydrogens is 234 g/mol. The predicted octanol–water partition coefficient (Wildman–Crippen LogP) is -0.119. The van der Waals surface area contributed by atoms with Gasteiger partial charge in [-0.05, 0) is 11.1 Å². The van der Waals surface area contributed by atoms with E-state index in [2.05, 4.69) is 10.3 Å². The van der Waals surface area contributed by atoms with E-state index in [-0.39, 0.29) is 12.0 Å². The van der Waals surface area contributed by atoms with Crippen molar-refractivity contribution in [2.24, 2.45) is 0 Å². The smallest absolute Gasteiger partial charge is 0.323 e. The van der Waals surface area contributed by atoms with Gasteiger partial charge >= 0.3 is 5.97 Å². The van der Waals surface area contributed by atoms with E-state index < -0.39 is 0 Å². The molecule has 96 valence electrons. The number of esters is 1. The van der Waals surface area contributed by atoms with Gasteiger partial charge in [-0.15, -0.1) is 0 Å². The van der Waals surface area contributed by atoms with E-state index in [0.29, 0.717) is 32.0 Å². The Balaban J connectivity index is 2.00. The largest absolute Gasteiger partial charge is 0.468 e. The van der Waals surface area contributed by atoms with Gasteiger partial charge in [0.15, 0.2) is 0 Å². The standard InChI is InChI=1S/C12H15N3O3/c1-17-12(16)9-2-6-7-4-18-5-8(7)11(13)15-10(6)3-14-9/h9,14H,2-5H2,1H3,(H2,13,15)/t9-/m1/s1. The van der Waals surface area contributed by atoms with Crippen molar-refractivity contribution in [1.82, 2.24) is 10.3 Å². The van der Waals surface area contributed by atoms with E-state index in [9.17, 15) is 4.79 Å². The fourth-order valence-corrected chi connectivity index (χ4v) is 2.57. The zero-order valence-corrected chi connectivity index (χ0v) is 10.2. The molecule has 0 saturated carbocycles. The van der Waals surface area contributed by atoms with Gasteiger partial charge in [0.1, 0.15) is 11.9 Å². The van der Waals surface area contributed by atoms with E-state index in [1.807, 2.05) is 0 Å². The summed E-state index contributed by atoms with van der Waals surface area (Å²) in [6.07, 6.45) is 0.584. The number of nitrogen functional groups attached to an aromatic ring is 1. The Morgan fingerprint density at radius 2 is 2.22 bits per heavy atom. The molecule has 0 radical (unpaired) electrons. The molecule has 1 aromatic heterocycles. The second-order valence-electron chi connectivity index (χ2n) is 4.53. The Morgan fingerprint density at radius 1 is 1.44 bits per heavy atom. The number of nitrogens with one attached hydrogen (secondary N) is 1. The first-order valence-corrected chi connectivity index (χ1v) is 5.88. The normalized spacial score (nSPS) is 21.3. The monoisotopic (exact) mass is 249 g/mol. The molecule has 1 atom stereocenters. The number of hydrogen-bond acceptors (Lipinski definition) is 6. The molecule has 6 heteroatoms. The highest BCUT2D eigenvalue weighted by molar-refractivity contribution is 5.76. The van der Waals surface area contributed by atoms with E-state index in [4.69, 9.17) is 15.2 Å². The first-order chi connectivity index (χ1) is 8.70. The molecule has 3 N–H and O–H groups in total. The van der Waals surface area contributed by atoms with Gasteiger partial charge in [0.05, 0.1) is 26.0 Å². The van der Waals surface area contributed by atoms with Crippen molar-refractivity contribution in [3.63, 3.8) is 0 Å². The topological polar surface area (TPSA) is 86.5 Å². The number of anilines is 1. The first kappa shape index (κ1) is 11.4. The minimum Gasteiger partial charge on any atom is -0.468 e. The third kappa shape index (κ3) is 1.65. The molecule has 0 bridgehead atoms. The summed E-state index contributed by atoms with van der Waals surface area (Å²) >= 11 is 0. The molecule has 0 aliphatic carbocycles.